The van der Waals surface area contributed by atoms with Gasteiger partial charge in [0.05, 0.1) is 27.0 Å². The minimum absolute atomic E-state index is 0.565. The Morgan fingerprint density at radius 2 is 1.68 bits per heavy atom. The molecule has 0 amide bonds. The van der Waals surface area contributed by atoms with E-state index in [2.05, 4.69) is 69.4 Å². The Labute approximate surface area is 201 Å². The fourth-order valence-electron chi connectivity index (χ4n) is 3.33. The number of alkyl halides is 1. The average Bonchev–Trinajstić information content (AvgIpc) is 3.26. The van der Waals surface area contributed by atoms with Gasteiger partial charge >= 0.3 is 0 Å². The topological polar surface area (TPSA) is 55.9 Å². The first-order chi connectivity index (χ1) is 15.1. The molecule has 166 valence electrons. The van der Waals surface area contributed by atoms with E-state index in [1.54, 1.807) is 32.7 Å². The Kier molecular flexibility index (Phi) is 8.65. The molecule has 3 aromatic rings. The number of hydrogen-bond acceptors (Lipinski definition) is 7. The summed E-state index contributed by atoms with van der Waals surface area (Å²) in [6.07, 6.45) is 1.14. The third-order valence-corrected chi connectivity index (χ3v) is 6.04. The van der Waals surface area contributed by atoms with Crippen molar-refractivity contribution in [3.8, 4) is 28.5 Å². The maximum Gasteiger partial charge on any atom is 0.203 e. The molecule has 0 aliphatic rings. The minimum Gasteiger partial charge on any atom is -0.493 e. The lowest BCUT2D eigenvalue weighted by Crippen LogP contribution is -2.25. The summed E-state index contributed by atoms with van der Waals surface area (Å²) >= 11 is 3.99. The van der Waals surface area contributed by atoms with E-state index >= 15 is 0 Å². The first kappa shape index (κ1) is 23.5. The molecule has 0 fully saturated rings. The largest absolute Gasteiger partial charge is 0.493 e. The Hall–Kier alpha value is -2.20. The third kappa shape index (κ3) is 5.74. The highest BCUT2D eigenvalue weighted by molar-refractivity contribution is 14.1. The highest BCUT2D eigenvalue weighted by atomic mass is 127. The lowest BCUT2D eigenvalue weighted by molar-refractivity contribution is 0.324. The second kappa shape index (κ2) is 11.4. The van der Waals surface area contributed by atoms with Gasteiger partial charge in [-0.3, -0.25) is 0 Å². The predicted molar refractivity (Wildman–Crippen MR) is 138 cm³/mol. The van der Waals surface area contributed by atoms with Gasteiger partial charge < -0.3 is 24.4 Å². The van der Waals surface area contributed by atoms with Crippen molar-refractivity contribution in [2.24, 2.45) is 0 Å². The summed E-state index contributed by atoms with van der Waals surface area (Å²) in [4.78, 5) is 7.18. The molecule has 1 N–H and O–H groups in total. The molecule has 0 saturated heterocycles. The number of hydrogen-bond donors (Lipinski definition) is 1. The Balaban J connectivity index is 1.78. The van der Waals surface area contributed by atoms with Gasteiger partial charge in [0.1, 0.15) is 0 Å². The number of rotatable bonds is 11. The van der Waals surface area contributed by atoms with E-state index in [4.69, 9.17) is 19.2 Å². The molecule has 3 rings (SSSR count). The summed E-state index contributed by atoms with van der Waals surface area (Å²) in [5.74, 6) is 1.76. The second-order valence-electron chi connectivity index (χ2n) is 6.80. The van der Waals surface area contributed by atoms with Gasteiger partial charge in [0.15, 0.2) is 16.6 Å². The lowest BCUT2D eigenvalue weighted by Gasteiger charge is -2.23. The summed E-state index contributed by atoms with van der Waals surface area (Å²) in [5.41, 5.74) is 4.12. The SMILES string of the molecule is CCCN(CCI)c1ccc(-c2csc(Nc3cc(OC)c(OC)c(OC)c3)n2)cc1. The molecule has 2 aromatic carbocycles. The molecule has 8 heteroatoms. The van der Waals surface area contributed by atoms with Crippen LogP contribution in [0.4, 0.5) is 16.5 Å². The molecule has 0 bridgehead atoms. The molecule has 1 heterocycles. The van der Waals surface area contributed by atoms with Crippen molar-refractivity contribution in [1.29, 1.82) is 0 Å². The van der Waals surface area contributed by atoms with Gasteiger partial charge in [-0.25, -0.2) is 4.98 Å². The average molecular weight is 553 g/mol. The van der Waals surface area contributed by atoms with Crippen LogP contribution in [0.1, 0.15) is 13.3 Å². The van der Waals surface area contributed by atoms with Crippen molar-refractivity contribution >= 4 is 50.4 Å². The normalized spacial score (nSPS) is 10.6. The first-order valence-electron chi connectivity index (χ1n) is 10.1. The van der Waals surface area contributed by atoms with Crippen LogP contribution in [0.5, 0.6) is 17.2 Å². The van der Waals surface area contributed by atoms with E-state index in [1.165, 1.54) is 5.69 Å². The number of aromatic nitrogens is 1. The van der Waals surface area contributed by atoms with Gasteiger partial charge in [-0.15, -0.1) is 11.3 Å². The maximum absolute atomic E-state index is 5.43. The van der Waals surface area contributed by atoms with E-state index in [0.717, 1.165) is 46.0 Å². The molecule has 6 nitrogen and oxygen atoms in total. The Morgan fingerprint density at radius 3 is 2.23 bits per heavy atom. The molecule has 0 saturated carbocycles. The number of thiazole rings is 1. The molecule has 0 radical (unpaired) electrons. The van der Waals surface area contributed by atoms with E-state index < -0.39 is 0 Å². The van der Waals surface area contributed by atoms with Crippen LogP contribution in [-0.4, -0.2) is 43.8 Å². The Morgan fingerprint density at radius 1 is 1.00 bits per heavy atom. The minimum atomic E-state index is 0.565. The van der Waals surface area contributed by atoms with Gasteiger partial charge in [-0.05, 0) is 18.6 Å². The molecule has 0 spiro atoms. The number of nitrogens with one attached hydrogen (secondary N) is 1. The van der Waals surface area contributed by atoms with Gasteiger partial charge in [0.25, 0.3) is 0 Å². The molecule has 0 aliphatic heterocycles. The molecule has 0 atom stereocenters. The fraction of sp³-hybridized carbons (Fsp3) is 0.348. The molecule has 0 unspecified atom stereocenters. The van der Waals surface area contributed by atoms with Crippen LogP contribution in [0.3, 0.4) is 0 Å². The standard InChI is InChI=1S/C23H28IN3O3S/c1-5-11-27(12-10-24)18-8-6-16(7-9-18)19-15-31-23(26-19)25-17-13-20(28-2)22(30-4)21(14-17)29-3/h6-9,13-15H,5,10-12H2,1-4H3,(H,25,26). The molecular formula is C23H28IN3O3S. The number of anilines is 3. The van der Waals surface area contributed by atoms with Crippen molar-refractivity contribution < 1.29 is 14.2 Å². The summed E-state index contributed by atoms with van der Waals surface area (Å²) < 4.78 is 17.4. The highest BCUT2D eigenvalue weighted by Crippen LogP contribution is 2.41. The van der Waals surface area contributed by atoms with Crippen molar-refractivity contribution in [3.05, 3.63) is 41.8 Å². The van der Waals surface area contributed by atoms with Crippen LogP contribution in [0.15, 0.2) is 41.8 Å². The van der Waals surface area contributed by atoms with Crippen LogP contribution in [0, 0.1) is 0 Å². The van der Waals surface area contributed by atoms with Crippen molar-refractivity contribution in [2.45, 2.75) is 13.3 Å². The quantitative estimate of drug-likeness (QED) is 0.225. The van der Waals surface area contributed by atoms with Crippen LogP contribution < -0.4 is 24.4 Å². The van der Waals surface area contributed by atoms with Gasteiger partial charge in [0, 0.05) is 52.0 Å². The highest BCUT2D eigenvalue weighted by Gasteiger charge is 2.14. The van der Waals surface area contributed by atoms with Crippen LogP contribution >= 0.6 is 33.9 Å². The number of nitrogens with zero attached hydrogens (tertiary/aromatic N) is 2. The van der Waals surface area contributed by atoms with E-state index in [9.17, 15) is 0 Å². The second-order valence-corrected chi connectivity index (χ2v) is 8.74. The third-order valence-electron chi connectivity index (χ3n) is 4.80. The fourth-order valence-corrected chi connectivity index (χ4v) is 4.65. The molecule has 1 aromatic heterocycles. The maximum atomic E-state index is 5.43. The predicted octanol–water partition coefficient (Wildman–Crippen LogP) is 6.23. The number of halogens is 1. The van der Waals surface area contributed by atoms with Crippen molar-refractivity contribution in [1.82, 2.24) is 4.98 Å². The van der Waals surface area contributed by atoms with Crippen LogP contribution in [0.25, 0.3) is 11.3 Å². The smallest absolute Gasteiger partial charge is 0.203 e. The summed E-state index contributed by atoms with van der Waals surface area (Å²) in [6, 6.07) is 12.4. The van der Waals surface area contributed by atoms with Crippen LogP contribution in [-0.2, 0) is 0 Å². The molecule has 31 heavy (non-hydrogen) atoms. The summed E-state index contributed by atoms with van der Waals surface area (Å²) in [6.45, 7) is 4.35. The summed E-state index contributed by atoms with van der Waals surface area (Å²) in [7, 11) is 4.80. The van der Waals surface area contributed by atoms with Crippen molar-refractivity contribution in [3.63, 3.8) is 0 Å². The monoisotopic (exact) mass is 553 g/mol. The van der Waals surface area contributed by atoms with E-state index in [1.807, 2.05) is 12.1 Å². The number of ether oxygens (including phenoxy) is 3. The zero-order valence-corrected chi connectivity index (χ0v) is 21.2. The number of benzene rings is 2. The zero-order valence-electron chi connectivity index (χ0n) is 18.3. The lowest BCUT2D eigenvalue weighted by atomic mass is 10.1. The van der Waals surface area contributed by atoms with Gasteiger partial charge in [-0.1, -0.05) is 41.6 Å². The molecular weight excluding hydrogens is 525 g/mol. The van der Waals surface area contributed by atoms with Crippen molar-refractivity contribution in [2.75, 3.05) is 49.1 Å². The summed E-state index contributed by atoms with van der Waals surface area (Å²) in [5, 5.41) is 6.20. The van der Waals surface area contributed by atoms with Crippen LogP contribution in [0.2, 0.25) is 0 Å². The molecule has 0 aliphatic carbocycles. The van der Waals surface area contributed by atoms with E-state index in [-0.39, 0.29) is 0 Å². The van der Waals surface area contributed by atoms with E-state index in [0.29, 0.717) is 17.2 Å². The van der Waals surface area contributed by atoms with Gasteiger partial charge in [-0.2, -0.15) is 0 Å². The number of methoxy groups -OCH3 is 3. The first-order valence-corrected chi connectivity index (χ1v) is 12.5. The zero-order chi connectivity index (χ0) is 22.2. The van der Waals surface area contributed by atoms with Gasteiger partial charge in [0.2, 0.25) is 5.75 Å². The Bertz CT molecular complexity index is 947.